The lowest BCUT2D eigenvalue weighted by atomic mass is 9.90. The summed E-state index contributed by atoms with van der Waals surface area (Å²) in [6.45, 7) is 2.01. The minimum Gasteiger partial charge on any atom is -0.383 e. The molecule has 1 unspecified atom stereocenters. The Morgan fingerprint density at radius 1 is 1.50 bits per heavy atom. The summed E-state index contributed by atoms with van der Waals surface area (Å²) < 4.78 is 31.7. The summed E-state index contributed by atoms with van der Waals surface area (Å²) in [6.07, 6.45) is 0. The first kappa shape index (κ1) is 14.5. The highest BCUT2D eigenvalue weighted by Gasteiger charge is 2.35. The van der Waals surface area contributed by atoms with E-state index in [4.69, 9.17) is 10.5 Å². The van der Waals surface area contributed by atoms with Crippen molar-refractivity contribution in [3.05, 3.63) is 35.4 Å². The second-order valence-electron chi connectivity index (χ2n) is 4.03. The third-order valence-corrected chi connectivity index (χ3v) is 2.74. The van der Waals surface area contributed by atoms with Crippen LogP contribution in [-0.2, 0) is 15.1 Å². The van der Waals surface area contributed by atoms with Crippen LogP contribution in [-0.4, -0.2) is 26.2 Å². The molecule has 1 aromatic rings. The summed E-state index contributed by atoms with van der Waals surface area (Å²) >= 11 is 0. The van der Waals surface area contributed by atoms with Crippen LogP contribution in [0.2, 0.25) is 0 Å². The molecule has 0 radical (unpaired) electrons. The molecule has 18 heavy (non-hydrogen) atoms. The summed E-state index contributed by atoms with van der Waals surface area (Å²) in [4.78, 5) is 11.5. The van der Waals surface area contributed by atoms with Crippen LogP contribution >= 0.6 is 0 Å². The zero-order valence-electron chi connectivity index (χ0n) is 10.3. The summed E-state index contributed by atoms with van der Waals surface area (Å²) in [5.74, 6) is -2.11. The van der Waals surface area contributed by atoms with E-state index >= 15 is 0 Å². The van der Waals surface area contributed by atoms with E-state index in [9.17, 15) is 13.6 Å². The van der Waals surface area contributed by atoms with Crippen LogP contribution < -0.4 is 11.1 Å². The fourth-order valence-corrected chi connectivity index (χ4v) is 1.60. The third kappa shape index (κ3) is 3.02. The van der Waals surface area contributed by atoms with Gasteiger partial charge in [0.1, 0.15) is 17.2 Å². The number of hydrogen-bond acceptors (Lipinski definition) is 3. The van der Waals surface area contributed by atoms with E-state index in [-0.39, 0.29) is 12.1 Å². The predicted octanol–water partition coefficient (Wildman–Crippen LogP) is 0.901. The monoisotopic (exact) mass is 258 g/mol. The number of rotatable bonds is 6. The second-order valence-corrected chi connectivity index (χ2v) is 4.03. The fourth-order valence-electron chi connectivity index (χ4n) is 1.60. The number of nitrogens with two attached hydrogens (primary N) is 1. The van der Waals surface area contributed by atoms with Crippen molar-refractivity contribution in [2.24, 2.45) is 5.73 Å². The SMILES string of the molecule is COCCNC(C)(C(N)=O)c1cc(F)ccc1F. The lowest BCUT2D eigenvalue weighted by Gasteiger charge is -2.28. The first-order chi connectivity index (χ1) is 8.41. The number of ether oxygens (including phenoxy) is 1. The highest BCUT2D eigenvalue weighted by Crippen LogP contribution is 2.24. The van der Waals surface area contributed by atoms with Crippen molar-refractivity contribution < 1.29 is 18.3 Å². The number of amides is 1. The lowest BCUT2D eigenvalue weighted by molar-refractivity contribution is -0.124. The maximum Gasteiger partial charge on any atom is 0.242 e. The van der Waals surface area contributed by atoms with Gasteiger partial charge in [0.05, 0.1) is 6.61 Å². The van der Waals surface area contributed by atoms with Crippen molar-refractivity contribution in [3.8, 4) is 0 Å². The second kappa shape index (κ2) is 5.88. The molecule has 1 amide bonds. The van der Waals surface area contributed by atoms with Crippen molar-refractivity contribution >= 4 is 5.91 Å². The van der Waals surface area contributed by atoms with Gasteiger partial charge in [-0.05, 0) is 25.1 Å². The summed E-state index contributed by atoms with van der Waals surface area (Å²) in [5, 5.41) is 2.77. The molecule has 0 fully saturated rings. The molecule has 6 heteroatoms. The summed E-state index contributed by atoms with van der Waals surface area (Å²) in [7, 11) is 1.49. The van der Waals surface area contributed by atoms with Crippen LogP contribution in [0.15, 0.2) is 18.2 Å². The van der Waals surface area contributed by atoms with E-state index in [0.717, 1.165) is 18.2 Å². The molecular formula is C12H16F2N2O2. The average molecular weight is 258 g/mol. The van der Waals surface area contributed by atoms with Crippen LogP contribution in [0.5, 0.6) is 0 Å². The Labute approximate surface area is 104 Å². The standard InChI is InChI=1S/C12H16F2N2O2/c1-12(11(15)17,16-5-6-18-2)9-7-8(13)3-4-10(9)14/h3-4,7,16H,5-6H2,1-2H3,(H2,15,17). The number of halogens is 2. The van der Waals surface area contributed by atoms with Crippen molar-refractivity contribution in [1.82, 2.24) is 5.32 Å². The van der Waals surface area contributed by atoms with Gasteiger partial charge in [-0.3, -0.25) is 10.1 Å². The van der Waals surface area contributed by atoms with Crippen LogP contribution in [0.25, 0.3) is 0 Å². The van der Waals surface area contributed by atoms with Gasteiger partial charge in [0.25, 0.3) is 0 Å². The van der Waals surface area contributed by atoms with Gasteiger partial charge in [-0.15, -0.1) is 0 Å². The van der Waals surface area contributed by atoms with Crippen molar-refractivity contribution in [1.29, 1.82) is 0 Å². The van der Waals surface area contributed by atoms with E-state index in [1.54, 1.807) is 0 Å². The van der Waals surface area contributed by atoms with Gasteiger partial charge in [0.2, 0.25) is 5.91 Å². The molecule has 0 aliphatic rings. The van der Waals surface area contributed by atoms with E-state index in [0.29, 0.717) is 6.61 Å². The number of nitrogens with one attached hydrogen (secondary N) is 1. The molecule has 0 bridgehead atoms. The number of hydrogen-bond donors (Lipinski definition) is 2. The molecule has 100 valence electrons. The van der Waals surface area contributed by atoms with E-state index < -0.39 is 23.1 Å². The zero-order valence-corrected chi connectivity index (χ0v) is 10.3. The first-order valence-electron chi connectivity index (χ1n) is 5.41. The normalized spacial score (nSPS) is 14.2. The number of carbonyl (C=O) groups excluding carboxylic acids is 1. The molecule has 0 spiro atoms. The number of carbonyl (C=O) groups is 1. The van der Waals surface area contributed by atoms with Gasteiger partial charge in [0.15, 0.2) is 0 Å². The minimum atomic E-state index is -1.48. The Kier molecular flexibility index (Phi) is 4.75. The van der Waals surface area contributed by atoms with Crippen LogP contribution in [0.4, 0.5) is 8.78 Å². The van der Waals surface area contributed by atoms with Crippen LogP contribution in [0, 0.1) is 11.6 Å². The van der Waals surface area contributed by atoms with E-state index in [1.165, 1.54) is 14.0 Å². The Bertz CT molecular complexity index is 440. The van der Waals surface area contributed by atoms with Crippen molar-refractivity contribution in [3.63, 3.8) is 0 Å². The zero-order chi connectivity index (χ0) is 13.8. The van der Waals surface area contributed by atoms with Crippen molar-refractivity contribution in [2.75, 3.05) is 20.3 Å². The highest BCUT2D eigenvalue weighted by atomic mass is 19.1. The molecule has 0 aromatic heterocycles. The maximum atomic E-state index is 13.7. The minimum absolute atomic E-state index is 0.119. The van der Waals surface area contributed by atoms with Gasteiger partial charge < -0.3 is 10.5 Å². The summed E-state index contributed by atoms with van der Waals surface area (Å²) in [6, 6.07) is 2.90. The molecule has 1 aromatic carbocycles. The highest BCUT2D eigenvalue weighted by molar-refractivity contribution is 5.85. The predicted molar refractivity (Wildman–Crippen MR) is 62.8 cm³/mol. The van der Waals surface area contributed by atoms with E-state index in [2.05, 4.69) is 5.32 Å². The molecule has 0 heterocycles. The number of methoxy groups -OCH3 is 1. The fraction of sp³-hybridized carbons (Fsp3) is 0.417. The largest absolute Gasteiger partial charge is 0.383 e. The lowest BCUT2D eigenvalue weighted by Crippen LogP contribution is -2.51. The Hall–Kier alpha value is -1.53. The van der Waals surface area contributed by atoms with Crippen molar-refractivity contribution in [2.45, 2.75) is 12.5 Å². The quantitative estimate of drug-likeness (QED) is 0.745. The van der Waals surface area contributed by atoms with Crippen LogP contribution in [0.3, 0.4) is 0 Å². The Morgan fingerprint density at radius 3 is 2.72 bits per heavy atom. The molecule has 3 N–H and O–H groups in total. The molecule has 1 rings (SSSR count). The molecule has 0 saturated carbocycles. The van der Waals surface area contributed by atoms with Gasteiger partial charge >= 0.3 is 0 Å². The molecular weight excluding hydrogens is 242 g/mol. The first-order valence-corrected chi connectivity index (χ1v) is 5.41. The third-order valence-electron chi connectivity index (χ3n) is 2.74. The van der Waals surface area contributed by atoms with Gasteiger partial charge in [-0.2, -0.15) is 0 Å². The smallest absolute Gasteiger partial charge is 0.242 e. The molecule has 0 aliphatic heterocycles. The molecule has 4 nitrogen and oxygen atoms in total. The topological polar surface area (TPSA) is 64.3 Å². The number of benzene rings is 1. The van der Waals surface area contributed by atoms with Gasteiger partial charge in [0, 0.05) is 19.2 Å². The maximum absolute atomic E-state index is 13.7. The molecule has 0 saturated heterocycles. The Morgan fingerprint density at radius 2 is 2.17 bits per heavy atom. The average Bonchev–Trinajstić information content (AvgIpc) is 2.32. The van der Waals surface area contributed by atoms with Crippen LogP contribution in [0.1, 0.15) is 12.5 Å². The Balaban J connectivity index is 3.10. The number of primary amides is 1. The molecule has 0 aliphatic carbocycles. The van der Waals surface area contributed by atoms with Gasteiger partial charge in [-0.25, -0.2) is 8.78 Å². The van der Waals surface area contributed by atoms with E-state index in [1.807, 2.05) is 0 Å². The van der Waals surface area contributed by atoms with Gasteiger partial charge in [-0.1, -0.05) is 0 Å². The molecule has 1 atom stereocenters. The summed E-state index contributed by atoms with van der Waals surface area (Å²) in [5.41, 5.74) is 3.67.